The first kappa shape index (κ1) is 14.5. The van der Waals surface area contributed by atoms with Crippen LogP contribution in [0.5, 0.6) is 0 Å². The van der Waals surface area contributed by atoms with Crippen LogP contribution in [0.25, 0.3) is 0 Å². The molecule has 1 aromatic rings. The largest absolute Gasteiger partial charge is 0.373 e. The van der Waals surface area contributed by atoms with Crippen LogP contribution in [0, 0.1) is 5.92 Å². The molecule has 1 fully saturated rings. The van der Waals surface area contributed by atoms with Crippen molar-refractivity contribution in [3.63, 3.8) is 0 Å². The molecule has 0 aromatic heterocycles. The third kappa shape index (κ3) is 3.80. The lowest BCUT2D eigenvalue weighted by molar-refractivity contribution is -0.0860. The van der Waals surface area contributed by atoms with Crippen LogP contribution in [0.2, 0.25) is 0 Å². The minimum absolute atomic E-state index is 0.257. The Kier molecular flexibility index (Phi) is 5.41. The first-order valence-corrected chi connectivity index (χ1v) is 7.66. The van der Waals surface area contributed by atoms with Gasteiger partial charge >= 0.3 is 0 Å². The molecule has 0 heterocycles. The Morgan fingerprint density at radius 1 is 1.21 bits per heavy atom. The van der Waals surface area contributed by atoms with Gasteiger partial charge in [0.05, 0.1) is 18.2 Å². The van der Waals surface area contributed by atoms with Gasteiger partial charge in [-0.1, -0.05) is 51.1 Å². The summed E-state index contributed by atoms with van der Waals surface area (Å²) in [6, 6.07) is 11.0. The van der Waals surface area contributed by atoms with Crippen LogP contribution in [-0.2, 0) is 4.74 Å². The second-order valence-corrected chi connectivity index (χ2v) is 5.84. The van der Waals surface area contributed by atoms with Gasteiger partial charge in [-0.2, -0.15) is 0 Å². The maximum absolute atomic E-state index is 6.35. The third-order valence-corrected chi connectivity index (χ3v) is 3.97. The molecule has 0 bridgehead atoms. The molecule has 1 N–H and O–H groups in total. The highest BCUT2D eigenvalue weighted by Gasteiger charge is 2.30. The van der Waals surface area contributed by atoms with Crippen molar-refractivity contribution in [3.05, 3.63) is 35.9 Å². The summed E-state index contributed by atoms with van der Waals surface area (Å²) in [4.78, 5) is 0. The lowest BCUT2D eigenvalue weighted by atomic mass is 9.91. The van der Waals surface area contributed by atoms with Crippen LogP contribution in [0.3, 0.4) is 0 Å². The quantitative estimate of drug-likeness (QED) is 0.803. The lowest BCUT2D eigenvalue weighted by Crippen LogP contribution is -2.41. The van der Waals surface area contributed by atoms with Gasteiger partial charge in [-0.25, -0.2) is 0 Å². The summed E-state index contributed by atoms with van der Waals surface area (Å²) in [7, 11) is 0. The molecule has 1 aliphatic carbocycles. The van der Waals surface area contributed by atoms with Gasteiger partial charge in [0.2, 0.25) is 0 Å². The zero-order valence-corrected chi connectivity index (χ0v) is 12.4. The van der Waals surface area contributed by atoms with Crippen LogP contribution in [0.1, 0.15) is 51.6 Å². The highest BCUT2D eigenvalue weighted by molar-refractivity contribution is 5.20. The number of likely N-dealkylation sites (N-methyl/N-ethyl adjacent to an activating group) is 1. The summed E-state index contributed by atoms with van der Waals surface area (Å²) in [6.45, 7) is 7.65. The van der Waals surface area contributed by atoms with E-state index in [2.05, 4.69) is 56.4 Å². The van der Waals surface area contributed by atoms with Gasteiger partial charge in [0.1, 0.15) is 0 Å². The second-order valence-electron chi connectivity index (χ2n) is 5.84. The molecule has 2 rings (SSSR count). The van der Waals surface area contributed by atoms with Crippen LogP contribution >= 0.6 is 0 Å². The average Bonchev–Trinajstić information content (AvgIpc) is 2.36. The molecule has 1 aromatic carbocycles. The molecular formula is C17H27NO. The predicted molar refractivity (Wildman–Crippen MR) is 80.2 cm³/mol. The minimum Gasteiger partial charge on any atom is -0.373 e. The SMILES string of the molecule is CCNC(c1ccccc1)C(OC1CCC1)C(C)C. The molecule has 0 aliphatic heterocycles. The summed E-state index contributed by atoms with van der Waals surface area (Å²) >= 11 is 0. The highest BCUT2D eigenvalue weighted by atomic mass is 16.5. The summed E-state index contributed by atoms with van der Waals surface area (Å²) in [5.41, 5.74) is 1.34. The van der Waals surface area contributed by atoms with E-state index in [-0.39, 0.29) is 6.10 Å². The van der Waals surface area contributed by atoms with Gasteiger partial charge in [-0.15, -0.1) is 0 Å². The van der Waals surface area contributed by atoms with E-state index >= 15 is 0 Å². The van der Waals surface area contributed by atoms with E-state index in [1.807, 2.05) is 0 Å². The highest BCUT2D eigenvalue weighted by Crippen LogP contribution is 2.31. The van der Waals surface area contributed by atoms with Crippen molar-refractivity contribution >= 4 is 0 Å². The third-order valence-electron chi connectivity index (χ3n) is 3.97. The van der Waals surface area contributed by atoms with Crippen molar-refractivity contribution in [2.24, 2.45) is 5.92 Å². The van der Waals surface area contributed by atoms with E-state index in [4.69, 9.17) is 4.74 Å². The maximum Gasteiger partial charge on any atom is 0.0796 e. The van der Waals surface area contributed by atoms with E-state index in [0.717, 1.165) is 6.54 Å². The molecule has 0 spiro atoms. The Labute approximate surface area is 117 Å². The number of ether oxygens (including phenoxy) is 1. The number of benzene rings is 1. The summed E-state index contributed by atoms with van der Waals surface area (Å²) in [5, 5.41) is 3.61. The average molecular weight is 261 g/mol. The normalized spacial score (nSPS) is 19.2. The monoisotopic (exact) mass is 261 g/mol. The van der Waals surface area contributed by atoms with E-state index in [1.165, 1.54) is 24.8 Å². The summed E-state index contributed by atoms with van der Waals surface area (Å²) in [5.74, 6) is 0.518. The second kappa shape index (κ2) is 7.06. The topological polar surface area (TPSA) is 21.3 Å². The molecule has 2 heteroatoms. The fourth-order valence-electron chi connectivity index (χ4n) is 2.65. The molecular weight excluding hydrogens is 234 g/mol. The maximum atomic E-state index is 6.35. The summed E-state index contributed by atoms with van der Waals surface area (Å²) < 4.78 is 6.35. The van der Waals surface area contributed by atoms with Crippen molar-refractivity contribution in [2.45, 2.75) is 58.3 Å². The predicted octanol–water partition coefficient (Wildman–Crippen LogP) is 3.93. The van der Waals surface area contributed by atoms with Crippen LogP contribution in [0.15, 0.2) is 30.3 Å². The Bertz CT molecular complexity index is 359. The Morgan fingerprint density at radius 3 is 2.37 bits per heavy atom. The van der Waals surface area contributed by atoms with Gasteiger partial charge < -0.3 is 10.1 Å². The van der Waals surface area contributed by atoms with Gasteiger partial charge in [0.15, 0.2) is 0 Å². The van der Waals surface area contributed by atoms with E-state index in [1.54, 1.807) is 0 Å². The lowest BCUT2D eigenvalue weighted by Gasteiger charge is -2.37. The van der Waals surface area contributed by atoms with Crippen LogP contribution < -0.4 is 5.32 Å². The number of rotatable bonds is 7. The number of hydrogen-bond donors (Lipinski definition) is 1. The first-order valence-electron chi connectivity index (χ1n) is 7.66. The Hall–Kier alpha value is -0.860. The molecule has 106 valence electrons. The molecule has 2 atom stereocenters. The molecule has 19 heavy (non-hydrogen) atoms. The zero-order valence-electron chi connectivity index (χ0n) is 12.4. The molecule has 0 saturated heterocycles. The molecule has 1 saturated carbocycles. The van der Waals surface area contributed by atoms with Gasteiger partial charge in [-0.05, 0) is 37.3 Å². The summed E-state index contributed by atoms with van der Waals surface area (Å²) in [6.07, 6.45) is 4.53. The molecule has 2 nitrogen and oxygen atoms in total. The van der Waals surface area contributed by atoms with Gasteiger partial charge in [0, 0.05) is 0 Å². The van der Waals surface area contributed by atoms with E-state index in [9.17, 15) is 0 Å². The molecule has 1 aliphatic rings. The zero-order chi connectivity index (χ0) is 13.7. The van der Waals surface area contributed by atoms with Crippen molar-refractivity contribution in [3.8, 4) is 0 Å². The van der Waals surface area contributed by atoms with Crippen molar-refractivity contribution in [1.82, 2.24) is 5.32 Å². The van der Waals surface area contributed by atoms with E-state index < -0.39 is 0 Å². The van der Waals surface area contributed by atoms with Crippen molar-refractivity contribution in [1.29, 1.82) is 0 Å². The molecule has 0 radical (unpaired) electrons. The molecule has 0 amide bonds. The molecule has 2 unspecified atom stereocenters. The minimum atomic E-state index is 0.257. The number of hydrogen-bond acceptors (Lipinski definition) is 2. The van der Waals surface area contributed by atoms with Crippen LogP contribution in [-0.4, -0.2) is 18.8 Å². The first-order chi connectivity index (χ1) is 9.22. The van der Waals surface area contributed by atoms with Gasteiger partial charge in [0.25, 0.3) is 0 Å². The van der Waals surface area contributed by atoms with Crippen molar-refractivity contribution < 1.29 is 4.74 Å². The smallest absolute Gasteiger partial charge is 0.0796 e. The Morgan fingerprint density at radius 2 is 1.89 bits per heavy atom. The van der Waals surface area contributed by atoms with Gasteiger partial charge in [-0.3, -0.25) is 0 Å². The standard InChI is InChI=1S/C17H27NO/c1-4-18-16(14-9-6-5-7-10-14)17(13(2)3)19-15-11-8-12-15/h5-7,9-10,13,15-18H,4,8,11-12H2,1-3H3. The fraction of sp³-hybridized carbons (Fsp3) is 0.647. The fourth-order valence-corrected chi connectivity index (χ4v) is 2.65. The van der Waals surface area contributed by atoms with Crippen LogP contribution in [0.4, 0.5) is 0 Å². The van der Waals surface area contributed by atoms with E-state index in [0.29, 0.717) is 18.1 Å². The van der Waals surface area contributed by atoms with Crippen molar-refractivity contribution in [2.75, 3.05) is 6.54 Å². The Balaban J connectivity index is 2.13. The number of nitrogens with one attached hydrogen (secondary N) is 1.